The lowest BCUT2D eigenvalue weighted by Gasteiger charge is -2.27. The van der Waals surface area contributed by atoms with Gasteiger partial charge in [-0.05, 0) is 41.5 Å². The number of carbonyl (C=O) groups excluding carboxylic acids is 2. The third-order valence-corrected chi connectivity index (χ3v) is 2.85. The molecule has 128 valence electrons. The van der Waals surface area contributed by atoms with Gasteiger partial charge in [-0.25, -0.2) is 9.59 Å². The van der Waals surface area contributed by atoms with Crippen LogP contribution < -0.4 is 5.73 Å². The van der Waals surface area contributed by atoms with E-state index in [1.54, 1.807) is 9.80 Å². The summed E-state index contributed by atoms with van der Waals surface area (Å²) in [6, 6.07) is -0.331. The first-order valence-electron chi connectivity index (χ1n) is 7.59. The van der Waals surface area contributed by atoms with E-state index < -0.39 is 23.4 Å². The van der Waals surface area contributed by atoms with Crippen LogP contribution in [-0.4, -0.2) is 65.4 Å². The van der Waals surface area contributed by atoms with Crippen LogP contribution in [0.4, 0.5) is 9.59 Å². The Balaban J connectivity index is 2.66. The molecule has 1 heterocycles. The number of nitrogens with two attached hydrogens (primary N) is 1. The average molecular weight is 315 g/mol. The molecule has 0 aromatic heterocycles. The highest BCUT2D eigenvalue weighted by atomic mass is 16.6. The number of nitrogens with zero attached hydrogens (tertiary/aromatic N) is 2. The maximum atomic E-state index is 12.1. The highest BCUT2D eigenvalue weighted by Gasteiger charge is 2.30. The lowest BCUT2D eigenvalue weighted by molar-refractivity contribution is 0.0200. The monoisotopic (exact) mass is 315 g/mol. The van der Waals surface area contributed by atoms with Crippen molar-refractivity contribution in [3.05, 3.63) is 0 Å². The van der Waals surface area contributed by atoms with Crippen LogP contribution in [0.25, 0.3) is 0 Å². The summed E-state index contributed by atoms with van der Waals surface area (Å²) in [7, 11) is 0. The van der Waals surface area contributed by atoms with E-state index in [4.69, 9.17) is 15.2 Å². The van der Waals surface area contributed by atoms with Crippen molar-refractivity contribution in [2.24, 2.45) is 5.73 Å². The number of amides is 2. The van der Waals surface area contributed by atoms with E-state index in [0.717, 1.165) is 0 Å². The SMILES string of the molecule is CC(C)(C)OC(=O)N1CCN(C(=O)OC(C)(C)C)CC(N)C1. The molecule has 1 rings (SSSR count). The van der Waals surface area contributed by atoms with E-state index >= 15 is 0 Å². The van der Waals surface area contributed by atoms with E-state index in [0.29, 0.717) is 26.2 Å². The zero-order valence-electron chi connectivity index (χ0n) is 14.5. The van der Waals surface area contributed by atoms with Crippen molar-refractivity contribution in [3.63, 3.8) is 0 Å². The zero-order chi connectivity index (χ0) is 17.1. The summed E-state index contributed by atoms with van der Waals surface area (Å²) >= 11 is 0. The minimum Gasteiger partial charge on any atom is -0.444 e. The molecule has 1 aliphatic heterocycles. The van der Waals surface area contributed by atoms with Gasteiger partial charge >= 0.3 is 12.2 Å². The summed E-state index contributed by atoms with van der Waals surface area (Å²) in [5.74, 6) is 0. The summed E-state index contributed by atoms with van der Waals surface area (Å²) in [4.78, 5) is 27.3. The Bertz CT molecular complexity index is 374. The second kappa shape index (κ2) is 6.73. The molecular weight excluding hydrogens is 286 g/mol. The quantitative estimate of drug-likeness (QED) is 0.737. The van der Waals surface area contributed by atoms with Crippen molar-refractivity contribution >= 4 is 12.2 Å². The van der Waals surface area contributed by atoms with Crippen LogP contribution in [0, 0.1) is 0 Å². The third-order valence-electron chi connectivity index (χ3n) is 2.85. The molecule has 0 aromatic rings. The van der Waals surface area contributed by atoms with Crippen LogP contribution in [0.5, 0.6) is 0 Å². The van der Waals surface area contributed by atoms with Crippen molar-refractivity contribution in [1.82, 2.24) is 9.80 Å². The van der Waals surface area contributed by atoms with E-state index in [9.17, 15) is 9.59 Å². The summed E-state index contributed by atoms with van der Waals surface area (Å²) < 4.78 is 10.7. The van der Waals surface area contributed by atoms with Gasteiger partial charge < -0.3 is 25.0 Å². The Morgan fingerprint density at radius 3 is 1.45 bits per heavy atom. The average Bonchev–Trinajstić information content (AvgIpc) is 2.46. The predicted molar refractivity (Wildman–Crippen MR) is 83.6 cm³/mol. The molecule has 1 fully saturated rings. The molecule has 7 nitrogen and oxygen atoms in total. The van der Waals surface area contributed by atoms with E-state index in [2.05, 4.69) is 0 Å². The van der Waals surface area contributed by atoms with Gasteiger partial charge in [0.2, 0.25) is 0 Å². The highest BCUT2D eigenvalue weighted by molar-refractivity contribution is 5.70. The van der Waals surface area contributed by atoms with Gasteiger partial charge in [-0.15, -0.1) is 0 Å². The maximum Gasteiger partial charge on any atom is 0.410 e. The summed E-state index contributed by atoms with van der Waals surface area (Å²) in [5.41, 5.74) is 4.91. The Morgan fingerprint density at radius 2 is 1.18 bits per heavy atom. The molecule has 0 atom stereocenters. The van der Waals surface area contributed by atoms with Gasteiger partial charge in [0, 0.05) is 32.2 Å². The first-order valence-corrected chi connectivity index (χ1v) is 7.59. The Morgan fingerprint density at radius 1 is 0.864 bits per heavy atom. The molecule has 7 heteroatoms. The summed E-state index contributed by atoms with van der Waals surface area (Å²) in [6.45, 7) is 12.4. The van der Waals surface area contributed by atoms with Crippen molar-refractivity contribution in [2.75, 3.05) is 26.2 Å². The van der Waals surface area contributed by atoms with Crippen molar-refractivity contribution in [1.29, 1.82) is 0 Å². The largest absolute Gasteiger partial charge is 0.444 e. The first-order chi connectivity index (χ1) is 9.87. The minimum absolute atomic E-state index is 0.331. The molecular formula is C15H29N3O4. The van der Waals surface area contributed by atoms with Gasteiger partial charge in [0.1, 0.15) is 11.2 Å². The lowest BCUT2D eigenvalue weighted by Crippen LogP contribution is -2.45. The molecule has 0 aromatic carbocycles. The Kier molecular flexibility index (Phi) is 5.67. The second-order valence-electron chi connectivity index (χ2n) is 7.61. The van der Waals surface area contributed by atoms with E-state index in [1.807, 2.05) is 41.5 Å². The van der Waals surface area contributed by atoms with Crippen LogP contribution in [0.15, 0.2) is 0 Å². The number of ether oxygens (including phenoxy) is 2. The molecule has 0 bridgehead atoms. The highest BCUT2D eigenvalue weighted by Crippen LogP contribution is 2.14. The Hall–Kier alpha value is -1.50. The molecule has 0 saturated carbocycles. The zero-order valence-corrected chi connectivity index (χ0v) is 14.5. The number of hydrogen-bond acceptors (Lipinski definition) is 5. The fraction of sp³-hybridized carbons (Fsp3) is 0.867. The molecule has 22 heavy (non-hydrogen) atoms. The maximum absolute atomic E-state index is 12.1. The van der Waals surface area contributed by atoms with E-state index in [-0.39, 0.29) is 6.04 Å². The molecule has 2 N–H and O–H groups in total. The molecule has 0 radical (unpaired) electrons. The summed E-state index contributed by atoms with van der Waals surface area (Å²) in [6.07, 6.45) is -0.817. The molecule has 1 saturated heterocycles. The van der Waals surface area contributed by atoms with E-state index in [1.165, 1.54) is 0 Å². The fourth-order valence-corrected chi connectivity index (χ4v) is 2.03. The fourth-order valence-electron chi connectivity index (χ4n) is 2.03. The van der Waals surface area contributed by atoms with Crippen LogP contribution in [0.2, 0.25) is 0 Å². The van der Waals surface area contributed by atoms with Crippen molar-refractivity contribution in [3.8, 4) is 0 Å². The van der Waals surface area contributed by atoms with Crippen molar-refractivity contribution < 1.29 is 19.1 Å². The van der Waals surface area contributed by atoms with Crippen LogP contribution >= 0.6 is 0 Å². The van der Waals surface area contributed by atoms with Gasteiger partial charge in [0.25, 0.3) is 0 Å². The molecule has 0 aliphatic carbocycles. The number of rotatable bonds is 0. The van der Waals surface area contributed by atoms with Gasteiger partial charge in [-0.3, -0.25) is 0 Å². The van der Waals surface area contributed by atoms with Crippen LogP contribution in [0.1, 0.15) is 41.5 Å². The molecule has 2 amide bonds. The predicted octanol–water partition coefficient (Wildman–Crippen LogP) is 1.80. The van der Waals surface area contributed by atoms with Gasteiger partial charge in [-0.1, -0.05) is 0 Å². The number of carbonyl (C=O) groups is 2. The van der Waals surface area contributed by atoms with Crippen molar-refractivity contribution in [2.45, 2.75) is 58.8 Å². The molecule has 1 aliphatic rings. The first kappa shape index (κ1) is 18.5. The third kappa shape index (κ3) is 6.51. The van der Waals surface area contributed by atoms with Gasteiger partial charge in [0.05, 0.1) is 0 Å². The molecule has 0 unspecified atom stereocenters. The smallest absolute Gasteiger partial charge is 0.410 e. The molecule has 0 spiro atoms. The van der Waals surface area contributed by atoms with Crippen LogP contribution in [-0.2, 0) is 9.47 Å². The normalized spacial score (nSPS) is 18.0. The van der Waals surface area contributed by atoms with Gasteiger partial charge in [0.15, 0.2) is 0 Å². The second-order valence-corrected chi connectivity index (χ2v) is 7.61. The Labute approximate surface area is 132 Å². The topological polar surface area (TPSA) is 85.1 Å². The lowest BCUT2D eigenvalue weighted by atomic mass is 10.2. The van der Waals surface area contributed by atoms with Gasteiger partial charge in [-0.2, -0.15) is 0 Å². The standard InChI is InChI=1S/C15H29N3O4/c1-14(2,3)21-12(19)17-7-8-18(10-11(16)9-17)13(20)22-15(4,5)6/h11H,7-10,16H2,1-6H3. The summed E-state index contributed by atoms with van der Waals surface area (Å²) in [5, 5.41) is 0. The van der Waals surface area contributed by atoms with Crippen LogP contribution in [0.3, 0.4) is 0 Å². The minimum atomic E-state index is -0.557. The number of hydrogen-bond donors (Lipinski definition) is 1.